The van der Waals surface area contributed by atoms with E-state index in [0.717, 1.165) is 0 Å². The summed E-state index contributed by atoms with van der Waals surface area (Å²) in [6, 6.07) is 30.5. The van der Waals surface area contributed by atoms with Gasteiger partial charge in [-0.2, -0.15) is 0 Å². The average molecular weight is 466 g/mol. The number of hydrogen-bond donors (Lipinski definition) is 3. The van der Waals surface area contributed by atoms with Crippen molar-refractivity contribution in [3.8, 4) is 0 Å². The molecule has 174 valence electrons. The van der Waals surface area contributed by atoms with E-state index in [0.29, 0.717) is 16.8 Å². The predicted octanol–water partition coefficient (Wildman–Crippen LogP) is 5.63. The Morgan fingerprint density at radius 3 is 1.66 bits per heavy atom. The molecule has 4 aromatic carbocycles. The van der Waals surface area contributed by atoms with E-state index in [9.17, 15) is 19.8 Å². The minimum absolute atomic E-state index is 0.207. The van der Waals surface area contributed by atoms with Gasteiger partial charge in [-0.15, -0.1) is 5.11 Å². The number of benzene rings is 4. The summed E-state index contributed by atoms with van der Waals surface area (Å²) in [5.74, 6) is -0.997. The third-order valence-corrected chi connectivity index (χ3v) is 5.42. The molecule has 0 aliphatic heterocycles. The van der Waals surface area contributed by atoms with Gasteiger partial charge in [-0.05, 0) is 35.4 Å². The van der Waals surface area contributed by atoms with Crippen molar-refractivity contribution in [1.82, 2.24) is 0 Å². The molecule has 2 atom stereocenters. The SMILES string of the molecule is O=C(c1ccccc1N=NNc1ccccc1C(=O)C(O)c1ccccc1)C(O)c1ccccc1. The number of para-hydroxylation sites is 1. The number of aliphatic hydroxyl groups is 2. The molecule has 4 aromatic rings. The van der Waals surface area contributed by atoms with E-state index in [1.807, 2.05) is 0 Å². The smallest absolute Gasteiger partial charge is 0.198 e. The molecule has 0 aromatic heterocycles. The molecule has 0 amide bonds. The second-order valence-electron chi connectivity index (χ2n) is 7.73. The Bertz CT molecular complexity index is 1340. The zero-order valence-electron chi connectivity index (χ0n) is 18.7. The molecule has 0 radical (unpaired) electrons. The molecule has 2 unspecified atom stereocenters. The van der Waals surface area contributed by atoms with Crippen molar-refractivity contribution in [2.45, 2.75) is 12.2 Å². The lowest BCUT2D eigenvalue weighted by Crippen LogP contribution is -2.14. The predicted molar refractivity (Wildman–Crippen MR) is 132 cm³/mol. The second kappa shape index (κ2) is 11.1. The average Bonchev–Trinajstić information content (AvgIpc) is 2.93. The van der Waals surface area contributed by atoms with Crippen molar-refractivity contribution in [3.63, 3.8) is 0 Å². The Kier molecular flexibility index (Phi) is 7.52. The van der Waals surface area contributed by atoms with Gasteiger partial charge in [0, 0.05) is 11.1 Å². The van der Waals surface area contributed by atoms with Crippen molar-refractivity contribution < 1.29 is 19.8 Å². The third-order valence-electron chi connectivity index (χ3n) is 5.42. The van der Waals surface area contributed by atoms with Gasteiger partial charge in [-0.25, -0.2) is 0 Å². The van der Waals surface area contributed by atoms with E-state index in [-0.39, 0.29) is 16.8 Å². The molecule has 0 spiro atoms. The highest BCUT2D eigenvalue weighted by Gasteiger charge is 2.23. The highest BCUT2D eigenvalue weighted by Crippen LogP contribution is 2.27. The molecule has 0 aliphatic carbocycles. The van der Waals surface area contributed by atoms with Crippen molar-refractivity contribution in [2.75, 3.05) is 5.43 Å². The number of aliphatic hydroxyl groups excluding tert-OH is 2. The molecule has 0 aliphatic rings. The first-order chi connectivity index (χ1) is 17.1. The fourth-order valence-electron chi connectivity index (χ4n) is 3.57. The molecule has 35 heavy (non-hydrogen) atoms. The van der Waals surface area contributed by atoms with Crippen LogP contribution in [0.5, 0.6) is 0 Å². The first kappa shape index (κ1) is 23.7. The number of ketones is 2. The van der Waals surface area contributed by atoms with Crippen LogP contribution in [-0.4, -0.2) is 21.8 Å². The summed E-state index contributed by atoms with van der Waals surface area (Å²) in [4.78, 5) is 25.8. The number of carbonyl (C=O) groups is 2. The number of hydrogen-bond acceptors (Lipinski definition) is 6. The number of carbonyl (C=O) groups excluding carboxylic acids is 2. The first-order valence-electron chi connectivity index (χ1n) is 11.0. The third kappa shape index (κ3) is 5.55. The van der Waals surface area contributed by atoms with Crippen LogP contribution >= 0.6 is 0 Å². The molecule has 0 fully saturated rings. The topological polar surface area (TPSA) is 111 Å². The maximum absolute atomic E-state index is 12.9. The fourth-order valence-corrected chi connectivity index (χ4v) is 3.57. The van der Waals surface area contributed by atoms with Crippen LogP contribution in [0, 0.1) is 0 Å². The van der Waals surface area contributed by atoms with Crippen LogP contribution in [0.25, 0.3) is 0 Å². The lowest BCUT2D eigenvalue weighted by atomic mass is 9.99. The Labute approximate surface area is 202 Å². The minimum atomic E-state index is -1.33. The molecular formula is C28H23N3O4. The first-order valence-corrected chi connectivity index (χ1v) is 11.0. The van der Waals surface area contributed by atoms with E-state index in [4.69, 9.17) is 0 Å². The number of Topliss-reactive ketones (excluding diaryl/α,β-unsaturated/α-hetero) is 2. The molecule has 0 heterocycles. The van der Waals surface area contributed by atoms with E-state index in [2.05, 4.69) is 15.8 Å². The van der Waals surface area contributed by atoms with Crippen LogP contribution in [0.1, 0.15) is 44.1 Å². The Hall–Kier alpha value is -4.46. The lowest BCUT2D eigenvalue weighted by Gasteiger charge is -2.13. The lowest BCUT2D eigenvalue weighted by molar-refractivity contribution is 0.0744. The number of rotatable bonds is 9. The fraction of sp³-hybridized carbons (Fsp3) is 0.0714. The Balaban J connectivity index is 1.53. The van der Waals surface area contributed by atoms with Crippen LogP contribution < -0.4 is 5.43 Å². The second-order valence-corrected chi connectivity index (χ2v) is 7.73. The van der Waals surface area contributed by atoms with Gasteiger partial charge in [0.1, 0.15) is 12.2 Å². The van der Waals surface area contributed by atoms with Gasteiger partial charge in [0.2, 0.25) is 0 Å². The van der Waals surface area contributed by atoms with Gasteiger partial charge in [0.25, 0.3) is 0 Å². The summed E-state index contributed by atoms with van der Waals surface area (Å²) in [7, 11) is 0. The summed E-state index contributed by atoms with van der Waals surface area (Å²) in [5, 5.41) is 29.1. The van der Waals surface area contributed by atoms with Crippen LogP contribution in [-0.2, 0) is 0 Å². The molecular weight excluding hydrogens is 442 g/mol. The zero-order valence-corrected chi connectivity index (χ0v) is 18.7. The summed E-state index contributed by atoms with van der Waals surface area (Å²) in [6.45, 7) is 0. The maximum Gasteiger partial charge on any atom is 0.198 e. The number of anilines is 1. The molecule has 0 bridgehead atoms. The Morgan fingerprint density at radius 2 is 1.06 bits per heavy atom. The highest BCUT2D eigenvalue weighted by molar-refractivity contribution is 6.04. The van der Waals surface area contributed by atoms with Crippen molar-refractivity contribution in [2.24, 2.45) is 10.3 Å². The van der Waals surface area contributed by atoms with Gasteiger partial charge in [-0.3, -0.25) is 15.0 Å². The quantitative estimate of drug-likeness (QED) is 0.169. The monoisotopic (exact) mass is 465 g/mol. The van der Waals surface area contributed by atoms with Gasteiger partial charge >= 0.3 is 0 Å². The van der Waals surface area contributed by atoms with E-state index in [1.165, 1.54) is 0 Å². The van der Waals surface area contributed by atoms with Gasteiger partial charge in [0.15, 0.2) is 11.6 Å². The molecule has 0 saturated carbocycles. The normalized spacial score (nSPS) is 12.7. The molecule has 4 rings (SSSR count). The maximum atomic E-state index is 12.9. The van der Waals surface area contributed by atoms with Crippen LogP contribution in [0.2, 0.25) is 0 Å². The van der Waals surface area contributed by atoms with Gasteiger partial charge < -0.3 is 10.2 Å². The summed E-state index contributed by atoms with van der Waals surface area (Å²) in [6.07, 6.45) is -2.66. The van der Waals surface area contributed by atoms with Crippen LogP contribution in [0.15, 0.2) is 120 Å². The minimum Gasteiger partial charge on any atom is -0.380 e. The molecule has 3 N–H and O–H groups in total. The molecule has 0 saturated heterocycles. The molecule has 7 heteroatoms. The molecule has 7 nitrogen and oxygen atoms in total. The zero-order chi connectivity index (χ0) is 24.6. The number of nitrogens with zero attached hydrogens (tertiary/aromatic N) is 2. The standard InChI is InChI=1S/C28H23N3O4/c32-25(19-11-3-1-4-12-19)27(34)21-15-7-9-17-23(21)29-31-30-24-18-10-8-16-22(24)28(35)26(33)20-13-5-2-6-14-20/h1-18,25-26,32-33H,(H,29,30). The highest BCUT2D eigenvalue weighted by atomic mass is 16.3. The summed E-state index contributed by atoms with van der Waals surface area (Å²) >= 11 is 0. The largest absolute Gasteiger partial charge is 0.380 e. The Morgan fingerprint density at radius 1 is 0.600 bits per heavy atom. The summed E-state index contributed by atoms with van der Waals surface area (Å²) < 4.78 is 0. The number of nitrogens with one attached hydrogen (secondary N) is 1. The van der Waals surface area contributed by atoms with Crippen LogP contribution in [0.4, 0.5) is 11.4 Å². The van der Waals surface area contributed by atoms with Gasteiger partial charge in [-0.1, -0.05) is 90.2 Å². The van der Waals surface area contributed by atoms with Crippen molar-refractivity contribution in [3.05, 3.63) is 131 Å². The van der Waals surface area contributed by atoms with Gasteiger partial charge in [0.05, 0.1) is 11.4 Å². The van der Waals surface area contributed by atoms with Crippen LogP contribution in [0.3, 0.4) is 0 Å². The summed E-state index contributed by atoms with van der Waals surface area (Å²) in [5.41, 5.74) is 4.75. The van der Waals surface area contributed by atoms with Crippen molar-refractivity contribution in [1.29, 1.82) is 0 Å². The van der Waals surface area contributed by atoms with E-state index in [1.54, 1.807) is 109 Å². The van der Waals surface area contributed by atoms with E-state index < -0.39 is 23.8 Å². The van der Waals surface area contributed by atoms with Crippen molar-refractivity contribution >= 4 is 22.9 Å². The van der Waals surface area contributed by atoms with E-state index >= 15 is 0 Å².